The average molecular weight is 285 g/mol. The molecule has 0 spiro atoms. The lowest BCUT2D eigenvalue weighted by Crippen LogP contribution is -2.53. The quantitative estimate of drug-likeness (QED) is 0.718. The molecule has 0 aromatic rings. The number of nitrogens with one attached hydrogen (secondary N) is 1. The molecular formula is C10H14F3NO5. The van der Waals surface area contributed by atoms with Crippen LogP contribution in [-0.2, 0) is 19.1 Å². The van der Waals surface area contributed by atoms with E-state index in [1.54, 1.807) is 5.32 Å². The van der Waals surface area contributed by atoms with E-state index in [1.165, 1.54) is 6.92 Å². The van der Waals surface area contributed by atoms with Crippen molar-refractivity contribution in [3.8, 4) is 0 Å². The van der Waals surface area contributed by atoms with Crippen molar-refractivity contribution in [2.75, 3.05) is 6.61 Å². The van der Waals surface area contributed by atoms with E-state index >= 15 is 0 Å². The second-order valence-electron chi connectivity index (χ2n) is 4.11. The maximum Gasteiger partial charge on any atom is 0.471 e. The SMILES string of the molecule is CC(=O)OC[C@@H]1CC[C@@H](NC(=O)C(F)(F)F)[C@H](O)O1. The highest BCUT2D eigenvalue weighted by atomic mass is 19.4. The summed E-state index contributed by atoms with van der Waals surface area (Å²) in [6.45, 7) is 1.11. The van der Waals surface area contributed by atoms with Crippen LogP contribution >= 0.6 is 0 Å². The summed E-state index contributed by atoms with van der Waals surface area (Å²) in [5.74, 6) is -2.65. The number of hydrogen-bond acceptors (Lipinski definition) is 5. The third-order valence-corrected chi connectivity index (χ3v) is 2.52. The van der Waals surface area contributed by atoms with Crippen LogP contribution < -0.4 is 5.32 Å². The average Bonchev–Trinajstić information content (AvgIpc) is 2.28. The molecule has 1 saturated heterocycles. The molecule has 0 aromatic heterocycles. The van der Waals surface area contributed by atoms with Crippen molar-refractivity contribution in [3.63, 3.8) is 0 Å². The van der Waals surface area contributed by atoms with Gasteiger partial charge in [0.15, 0.2) is 6.29 Å². The number of carbonyl (C=O) groups excluding carboxylic acids is 2. The molecule has 0 aliphatic carbocycles. The van der Waals surface area contributed by atoms with E-state index in [9.17, 15) is 27.9 Å². The van der Waals surface area contributed by atoms with Crippen molar-refractivity contribution in [2.45, 2.75) is 44.4 Å². The maximum atomic E-state index is 12.0. The summed E-state index contributed by atoms with van der Waals surface area (Å²) >= 11 is 0. The number of ether oxygens (including phenoxy) is 2. The van der Waals surface area contributed by atoms with Gasteiger partial charge in [-0.05, 0) is 12.8 Å². The Hall–Kier alpha value is -1.35. The lowest BCUT2D eigenvalue weighted by Gasteiger charge is -2.33. The molecule has 19 heavy (non-hydrogen) atoms. The van der Waals surface area contributed by atoms with Gasteiger partial charge in [-0.2, -0.15) is 13.2 Å². The highest BCUT2D eigenvalue weighted by molar-refractivity contribution is 5.81. The largest absolute Gasteiger partial charge is 0.471 e. The first-order valence-electron chi connectivity index (χ1n) is 5.54. The second-order valence-corrected chi connectivity index (χ2v) is 4.11. The number of hydrogen-bond donors (Lipinski definition) is 2. The summed E-state index contributed by atoms with van der Waals surface area (Å²) in [5, 5.41) is 11.1. The number of rotatable bonds is 3. The summed E-state index contributed by atoms with van der Waals surface area (Å²) in [4.78, 5) is 21.3. The Morgan fingerprint density at radius 3 is 2.53 bits per heavy atom. The van der Waals surface area contributed by atoms with Gasteiger partial charge in [0, 0.05) is 6.92 Å². The number of carbonyl (C=O) groups is 2. The van der Waals surface area contributed by atoms with Gasteiger partial charge in [0.2, 0.25) is 0 Å². The van der Waals surface area contributed by atoms with Gasteiger partial charge in [0.1, 0.15) is 6.61 Å². The Balaban J connectivity index is 2.42. The van der Waals surface area contributed by atoms with Gasteiger partial charge in [0.05, 0.1) is 12.1 Å². The zero-order chi connectivity index (χ0) is 14.6. The first-order chi connectivity index (χ1) is 8.70. The molecule has 110 valence electrons. The van der Waals surface area contributed by atoms with Crippen molar-refractivity contribution in [2.24, 2.45) is 0 Å². The fourth-order valence-corrected chi connectivity index (χ4v) is 1.59. The van der Waals surface area contributed by atoms with E-state index in [0.717, 1.165) is 0 Å². The van der Waals surface area contributed by atoms with E-state index < -0.39 is 36.5 Å². The van der Waals surface area contributed by atoms with Gasteiger partial charge in [-0.3, -0.25) is 9.59 Å². The zero-order valence-electron chi connectivity index (χ0n) is 10.1. The van der Waals surface area contributed by atoms with E-state index in [0.29, 0.717) is 0 Å². The monoisotopic (exact) mass is 285 g/mol. The van der Waals surface area contributed by atoms with E-state index in [4.69, 9.17) is 4.74 Å². The number of esters is 1. The van der Waals surface area contributed by atoms with E-state index in [2.05, 4.69) is 4.74 Å². The van der Waals surface area contributed by atoms with Crippen molar-refractivity contribution >= 4 is 11.9 Å². The highest BCUT2D eigenvalue weighted by Gasteiger charge is 2.42. The second kappa shape index (κ2) is 6.20. The molecule has 1 heterocycles. The topological polar surface area (TPSA) is 84.9 Å². The van der Waals surface area contributed by atoms with Gasteiger partial charge in [0.25, 0.3) is 0 Å². The predicted molar refractivity (Wildman–Crippen MR) is 54.7 cm³/mol. The molecule has 9 heteroatoms. The molecule has 1 fully saturated rings. The Morgan fingerprint density at radius 2 is 2.05 bits per heavy atom. The molecule has 1 aliphatic heterocycles. The van der Waals surface area contributed by atoms with Crippen molar-refractivity contribution in [3.05, 3.63) is 0 Å². The molecule has 3 atom stereocenters. The molecule has 0 unspecified atom stereocenters. The van der Waals surface area contributed by atoms with Crippen LogP contribution in [0, 0.1) is 0 Å². The van der Waals surface area contributed by atoms with Crippen LogP contribution in [0.1, 0.15) is 19.8 Å². The molecule has 0 saturated carbocycles. The fraction of sp³-hybridized carbons (Fsp3) is 0.800. The fourth-order valence-electron chi connectivity index (χ4n) is 1.59. The normalized spacial score (nSPS) is 27.7. The molecule has 0 aromatic carbocycles. The van der Waals surface area contributed by atoms with E-state index in [-0.39, 0.29) is 19.4 Å². The first kappa shape index (κ1) is 15.7. The Morgan fingerprint density at radius 1 is 1.42 bits per heavy atom. The molecular weight excluding hydrogens is 271 g/mol. The van der Waals surface area contributed by atoms with Crippen LogP contribution in [0.5, 0.6) is 0 Å². The smallest absolute Gasteiger partial charge is 0.463 e. The van der Waals surface area contributed by atoms with Gasteiger partial charge in [-0.25, -0.2) is 0 Å². The third-order valence-electron chi connectivity index (χ3n) is 2.52. The summed E-state index contributed by atoms with van der Waals surface area (Å²) in [6.07, 6.45) is -6.82. The summed E-state index contributed by atoms with van der Waals surface area (Å²) in [6, 6.07) is -1.14. The van der Waals surface area contributed by atoms with Crippen LogP contribution in [0.4, 0.5) is 13.2 Å². The Labute approximate surface area is 106 Å². The minimum absolute atomic E-state index is 0.0909. The molecule has 0 bridgehead atoms. The van der Waals surface area contributed by atoms with Crippen LogP contribution in [0.15, 0.2) is 0 Å². The summed E-state index contributed by atoms with van der Waals surface area (Å²) < 4.78 is 45.7. The third kappa shape index (κ3) is 5.03. The lowest BCUT2D eigenvalue weighted by molar-refractivity contribution is -0.202. The number of halogens is 3. The maximum absolute atomic E-state index is 12.0. The van der Waals surface area contributed by atoms with Gasteiger partial charge in [-0.1, -0.05) is 0 Å². The molecule has 1 rings (SSSR count). The standard InChI is InChI=1S/C10H14F3NO5/c1-5(15)18-4-6-2-3-7(8(16)19-6)14-9(17)10(11,12)13/h6-8,16H,2-4H2,1H3,(H,14,17)/t6-,7+,8+/m0/s1. The number of alkyl halides is 3. The molecule has 2 N–H and O–H groups in total. The number of aliphatic hydroxyl groups is 1. The van der Waals surface area contributed by atoms with E-state index in [1.807, 2.05) is 0 Å². The molecule has 1 aliphatic rings. The molecule has 1 amide bonds. The van der Waals surface area contributed by atoms with Crippen molar-refractivity contribution < 1.29 is 37.3 Å². The van der Waals surface area contributed by atoms with Gasteiger partial charge < -0.3 is 19.9 Å². The minimum Gasteiger partial charge on any atom is -0.463 e. The minimum atomic E-state index is -5.01. The zero-order valence-corrected chi connectivity index (χ0v) is 10.1. The first-order valence-corrected chi connectivity index (χ1v) is 5.54. The summed E-state index contributed by atoms with van der Waals surface area (Å²) in [7, 11) is 0. The number of aliphatic hydroxyl groups excluding tert-OH is 1. The Kier molecular flexibility index (Phi) is 5.12. The van der Waals surface area contributed by atoms with Crippen LogP contribution in [0.25, 0.3) is 0 Å². The summed E-state index contributed by atoms with van der Waals surface area (Å²) in [5.41, 5.74) is 0. The lowest BCUT2D eigenvalue weighted by atomic mass is 10.0. The predicted octanol–water partition coefficient (Wildman–Crippen LogP) is 0.0940. The molecule has 0 radical (unpaired) electrons. The van der Waals surface area contributed by atoms with Gasteiger partial charge >= 0.3 is 18.1 Å². The Bertz CT molecular complexity index is 347. The van der Waals surface area contributed by atoms with Crippen LogP contribution in [0.3, 0.4) is 0 Å². The number of amides is 1. The van der Waals surface area contributed by atoms with Crippen LogP contribution in [-0.4, -0.2) is 48.2 Å². The molecule has 6 nitrogen and oxygen atoms in total. The highest BCUT2D eigenvalue weighted by Crippen LogP contribution is 2.21. The van der Waals surface area contributed by atoms with Crippen molar-refractivity contribution in [1.82, 2.24) is 5.32 Å². The van der Waals surface area contributed by atoms with Crippen molar-refractivity contribution in [1.29, 1.82) is 0 Å². The van der Waals surface area contributed by atoms with Gasteiger partial charge in [-0.15, -0.1) is 0 Å². The van der Waals surface area contributed by atoms with Crippen LogP contribution in [0.2, 0.25) is 0 Å².